The van der Waals surface area contributed by atoms with Crippen LogP contribution in [-0.2, 0) is 14.3 Å². The summed E-state index contributed by atoms with van der Waals surface area (Å²) in [6, 6.07) is 0.00230. The number of ketones is 1. The largest absolute Gasteiger partial charge is 0.494 e. The van der Waals surface area contributed by atoms with E-state index in [1.54, 1.807) is 6.08 Å². The standard InChI is InChI=1S/C17H19NO4/c1-3-6-22-11-4-5-13-10(7-11)8-12-14(18-13)9-15(21-2)17(20)16(12)19/h4-5,7-9,13,16,18-19H,3,6H2,1-2H3. The molecule has 5 nitrogen and oxygen atoms in total. The van der Waals surface area contributed by atoms with Gasteiger partial charge in [0.1, 0.15) is 11.9 Å². The number of aliphatic hydroxyl groups is 1. The molecule has 0 saturated heterocycles. The Labute approximate surface area is 129 Å². The molecule has 0 aromatic carbocycles. The Morgan fingerprint density at radius 2 is 2.14 bits per heavy atom. The minimum Gasteiger partial charge on any atom is -0.494 e. The van der Waals surface area contributed by atoms with Crippen molar-refractivity contribution in [2.45, 2.75) is 25.5 Å². The molecular weight excluding hydrogens is 282 g/mol. The Morgan fingerprint density at radius 1 is 1.32 bits per heavy atom. The highest BCUT2D eigenvalue weighted by atomic mass is 16.5. The predicted molar refractivity (Wildman–Crippen MR) is 81.6 cm³/mol. The fraction of sp³-hybridized carbons (Fsp3) is 0.353. The van der Waals surface area contributed by atoms with E-state index in [1.165, 1.54) is 7.11 Å². The van der Waals surface area contributed by atoms with Crippen LogP contribution in [0.15, 0.2) is 58.7 Å². The molecule has 0 radical (unpaired) electrons. The van der Waals surface area contributed by atoms with Crippen molar-refractivity contribution in [3.05, 3.63) is 58.7 Å². The average Bonchev–Trinajstić information content (AvgIpc) is 2.54. The number of aliphatic hydroxyl groups excluding tert-OH is 1. The molecule has 3 aliphatic rings. The molecule has 0 aromatic heterocycles. The van der Waals surface area contributed by atoms with Crippen LogP contribution in [-0.4, -0.2) is 36.8 Å². The van der Waals surface area contributed by atoms with Crippen LogP contribution in [0.2, 0.25) is 0 Å². The minimum absolute atomic E-state index is 0.00230. The first-order valence-corrected chi connectivity index (χ1v) is 7.37. The van der Waals surface area contributed by atoms with Crippen LogP contribution in [0, 0.1) is 0 Å². The maximum atomic E-state index is 12.0. The normalized spacial score (nSPS) is 26.3. The third-order valence-corrected chi connectivity index (χ3v) is 3.82. The van der Waals surface area contributed by atoms with E-state index < -0.39 is 11.9 Å². The molecule has 2 N–H and O–H groups in total. The van der Waals surface area contributed by atoms with Crippen molar-refractivity contribution < 1.29 is 19.4 Å². The number of Topliss-reactive ketones (excluding diaryl/α,β-unsaturated/α-hetero) is 1. The van der Waals surface area contributed by atoms with E-state index in [2.05, 4.69) is 12.2 Å². The van der Waals surface area contributed by atoms with Gasteiger partial charge in [-0.3, -0.25) is 4.79 Å². The van der Waals surface area contributed by atoms with E-state index in [0.29, 0.717) is 17.9 Å². The van der Waals surface area contributed by atoms with Crippen LogP contribution in [0.25, 0.3) is 0 Å². The Hall–Kier alpha value is -2.27. The summed E-state index contributed by atoms with van der Waals surface area (Å²) in [7, 11) is 1.42. The summed E-state index contributed by atoms with van der Waals surface area (Å²) in [5.74, 6) is 0.536. The van der Waals surface area contributed by atoms with Gasteiger partial charge in [0, 0.05) is 17.3 Å². The monoisotopic (exact) mass is 301 g/mol. The smallest absolute Gasteiger partial charge is 0.230 e. The summed E-state index contributed by atoms with van der Waals surface area (Å²) >= 11 is 0. The lowest BCUT2D eigenvalue weighted by atomic mass is 9.87. The molecule has 0 aromatic rings. The maximum absolute atomic E-state index is 12.0. The molecule has 1 aliphatic heterocycles. The Balaban J connectivity index is 1.93. The number of dihydropyridines is 1. The van der Waals surface area contributed by atoms with Crippen molar-refractivity contribution in [1.82, 2.24) is 5.32 Å². The lowest BCUT2D eigenvalue weighted by Gasteiger charge is -2.32. The first kappa shape index (κ1) is 14.7. The van der Waals surface area contributed by atoms with Crippen molar-refractivity contribution in [1.29, 1.82) is 0 Å². The van der Waals surface area contributed by atoms with Crippen LogP contribution < -0.4 is 5.32 Å². The minimum atomic E-state index is -1.20. The zero-order valence-corrected chi connectivity index (χ0v) is 12.6. The second kappa shape index (κ2) is 5.85. The molecule has 116 valence electrons. The number of ether oxygens (including phenoxy) is 2. The molecule has 0 saturated carbocycles. The van der Waals surface area contributed by atoms with E-state index in [-0.39, 0.29) is 11.8 Å². The second-order valence-corrected chi connectivity index (χ2v) is 5.37. The van der Waals surface area contributed by atoms with Gasteiger partial charge in [0.25, 0.3) is 0 Å². The van der Waals surface area contributed by atoms with Gasteiger partial charge in [0.05, 0.1) is 19.8 Å². The van der Waals surface area contributed by atoms with Crippen molar-refractivity contribution in [2.75, 3.05) is 13.7 Å². The van der Waals surface area contributed by atoms with Crippen LogP contribution >= 0.6 is 0 Å². The molecule has 5 heteroatoms. The molecular formula is C17H19NO4. The lowest BCUT2D eigenvalue weighted by Crippen LogP contribution is -2.39. The third-order valence-electron chi connectivity index (χ3n) is 3.82. The molecule has 2 aliphatic carbocycles. The summed E-state index contributed by atoms with van der Waals surface area (Å²) < 4.78 is 10.7. The summed E-state index contributed by atoms with van der Waals surface area (Å²) in [4.78, 5) is 12.0. The van der Waals surface area contributed by atoms with Crippen LogP contribution in [0.1, 0.15) is 13.3 Å². The molecule has 2 atom stereocenters. The number of rotatable bonds is 4. The maximum Gasteiger partial charge on any atom is 0.230 e. The zero-order chi connectivity index (χ0) is 15.7. The van der Waals surface area contributed by atoms with Gasteiger partial charge < -0.3 is 19.9 Å². The number of allylic oxidation sites excluding steroid dienone is 2. The van der Waals surface area contributed by atoms with Crippen molar-refractivity contribution in [3.8, 4) is 0 Å². The molecule has 0 bridgehead atoms. The first-order valence-electron chi connectivity index (χ1n) is 7.37. The Morgan fingerprint density at radius 3 is 2.86 bits per heavy atom. The summed E-state index contributed by atoms with van der Waals surface area (Å²) in [6.45, 7) is 2.72. The fourth-order valence-corrected chi connectivity index (χ4v) is 2.67. The lowest BCUT2D eigenvalue weighted by molar-refractivity contribution is -0.124. The molecule has 1 heterocycles. The zero-order valence-electron chi connectivity index (χ0n) is 12.6. The topological polar surface area (TPSA) is 67.8 Å². The quantitative estimate of drug-likeness (QED) is 0.823. The first-order chi connectivity index (χ1) is 10.6. The Kier molecular flexibility index (Phi) is 3.90. The van der Waals surface area contributed by atoms with E-state index in [4.69, 9.17) is 9.47 Å². The van der Waals surface area contributed by atoms with Gasteiger partial charge in [-0.1, -0.05) is 13.0 Å². The number of nitrogens with one attached hydrogen (secondary N) is 1. The summed E-state index contributed by atoms with van der Waals surface area (Å²) in [6.07, 6.45) is 9.10. The number of methoxy groups -OCH3 is 1. The predicted octanol–water partition coefficient (Wildman–Crippen LogP) is 1.49. The number of hydrogen-bond acceptors (Lipinski definition) is 5. The van der Waals surface area contributed by atoms with Crippen molar-refractivity contribution >= 4 is 5.78 Å². The molecule has 3 rings (SSSR count). The van der Waals surface area contributed by atoms with Crippen molar-refractivity contribution in [2.24, 2.45) is 0 Å². The van der Waals surface area contributed by atoms with E-state index >= 15 is 0 Å². The highest BCUT2D eigenvalue weighted by Crippen LogP contribution is 2.31. The summed E-state index contributed by atoms with van der Waals surface area (Å²) in [5, 5.41) is 13.5. The third kappa shape index (κ3) is 2.48. The van der Waals surface area contributed by atoms with Gasteiger partial charge in [0.15, 0.2) is 5.76 Å². The van der Waals surface area contributed by atoms with E-state index in [9.17, 15) is 9.90 Å². The number of fused-ring (bicyclic) bond motifs is 1. The van der Waals surface area contributed by atoms with Gasteiger partial charge >= 0.3 is 0 Å². The van der Waals surface area contributed by atoms with Gasteiger partial charge in [-0.2, -0.15) is 0 Å². The fourth-order valence-electron chi connectivity index (χ4n) is 2.67. The molecule has 0 fully saturated rings. The van der Waals surface area contributed by atoms with Crippen LogP contribution in [0.4, 0.5) is 0 Å². The van der Waals surface area contributed by atoms with Gasteiger partial charge in [0.2, 0.25) is 5.78 Å². The number of carbonyl (C=O) groups is 1. The van der Waals surface area contributed by atoms with Gasteiger partial charge in [-0.25, -0.2) is 0 Å². The van der Waals surface area contributed by atoms with E-state index in [1.807, 2.05) is 24.3 Å². The average molecular weight is 301 g/mol. The molecule has 22 heavy (non-hydrogen) atoms. The molecule has 2 unspecified atom stereocenters. The highest BCUT2D eigenvalue weighted by Gasteiger charge is 2.34. The van der Waals surface area contributed by atoms with E-state index in [0.717, 1.165) is 17.8 Å². The SMILES string of the molecule is CCCOC1=CC2=CC3=C(C=C(OC)C(=O)C3O)NC2C=C1. The molecule has 0 spiro atoms. The van der Waals surface area contributed by atoms with Crippen LogP contribution in [0.5, 0.6) is 0 Å². The second-order valence-electron chi connectivity index (χ2n) is 5.37. The van der Waals surface area contributed by atoms with Crippen molar-refractivity contribution in [3.63, 3.8) is 0 Å². The van der Waals surface area contributed by atoms with Gasteiger partial charge in [-0.15, -0.1) is 0 Å². The van der Waals surface area contributed by atoms with Gasteiger partial charge in [-0.05, 0) is 30.2 Å². The highest BCUT2D eigenvalue weighted by molar-refractivity contribution is 6.01. The van der Waals surface area contributed by atoms with Crippen LogP contribution in [0.3, 0.4) is 0 Å². The Bertz CT molecular complexity index is 652. The number of hydrogen-bond donors (Lipinski definition) is 2. The molecule has 0 amide bonds. The summed E-state index contributed by atoms with van der Waals surface area (Å²) in [5.41, 5.74) is 2.25. The number of carbonyl (C=O) groups excluding carboxylic acids is 1.